The average Bonchev–Trinajstić information content (AvgIpc) is 2.59. The van der Waals surface area contributed by atoms with Crippen LogP contribution in [0.4, 0.5) is 17.2 Å². The molecule has 2 N–H and O–H groups in total. The third kappa shape index (κ3) is 3.70. The quantitative estimate of drug-likeness (QED) is 0.738. The van der Waals surface area contributed by atoms with E-state index in [1.807, 2.05) is 31.2 Å². The Kier molecular flexibility index (Phi) is 4.72. The maximum Gasteiger partial charge on any atom is 0.274 e. The number of anilines is 3. The van der Waals surface area contributed by atoms with Crippen molar-refractivity contribution in [3.63, 3.8) is 0 Å². The fraction of sp³-hybridized carbons (Fsp3) is 0.0556. The molecule has 120 valence electrons. The second-order valence-electron chi connectivity index (χ2n) is 5.16. The zero-order chi connectivity index (χ0) is 16.9. The van der Waals surface area contributed by atoms with Crippen molar-refractivity contribution in [1.29, 1.82) is 0 Å². The number of carbonyl (C=O) groups is 1. The van der Waals surface area contributed by atoms with Gasteiger partial charge in [-0.3, -0.25) is 4.79 Å². The van der Waals surface area contributed by atoms with Crippen LogP contribution in [-0.2, 0) is 0 Å². The smallest absolute Gasteiger partial charge is 0.274 e. The van der Waals surface area contributed by atoms with Crippen LogP contribution in [0.15, 0.2) is 60.9 Å². The zero-order valence-corrected chi connectivity index (χ0v) is 13.7. The van der Waals surface area contributed by atoms with Crippen LogP contribution in [0, 0.1) is 6.92 Å². The Morgan fingerprint density at radius 1 is 1.00 bits per heavy atom. The minimum Gasteiger partial charge on any atom is -0.340 e. The van der Waals surface area contributed by atoms with E-state index >= 15 is 0 Å². The molecule has 0 fully saturated rings. The van der Waals surface area contributed by atoms with Gasteiger partial charge in [-0.15, -0.1) is 0 Å². The van der Waals surface area contributed by atoms with E-state index in [0.29, 0.717) is 16.5 Å². The molecule has 0 aliphatic rings. The van der Waals surface area contributed by atoms with Gasteiger partial charge in [0.15, 0.2) is 0 Å². The highest BCUT2D eigenvalue weighted by Gasteiger charge is 2.11. The summed E-state index contributed by atoms with van der Waals surface area (Å²) >= 11 is 6.05. The van der Waals surface area contributed by atoms with Crippen LogP contribution in [-0.4, -0.2) is 15.9 Å². The minimum atomic E-state index is -0.349. The van der Waals surface area contributed by atoms with Crippen molar-refractivity contribution in [3.05, 3.63) is 77.2 Å². The summed E-state index contributed by atoms with van der Waals surface area (Å²) in [6.07, 6.45) is 1.35. The van der Waals surface area contributed by atoms with Crippen molar-refractivity contribution in [1.82, 2.24) is 9.97 Å². The highest BCUT2D eigenvalue weighted by molar-refractivity contribution is 6.33. The fourth-order valence-electron chi connectivity index (χ4n) is 2.15. The summed E-state index contributed by atoms with van der Waals surface area (Å²) in [5, 5.41) is 6.40. The molecular weight excluding hydrogens is 324 g/mol. The van der Waals surface area contributed by atoms with E-state index in [2.05, 4.69) is 20.6 Å². The number of hydrogen-bond donors (Lipinski definition) is 2. The predicted octanol–water partition coefficient (Wildman–Crippen LogP) is 4.43. The van der Waals surface area contributed by atoms with E-state index in [1.54, 1.807) is 30.3 Å². The first-order valence-corrected chi connectivity index (χ1v) is 7.72. The van der Waals surface area contributed by atoms with E-state index < -0.39 is 0 Å². The summed E-state index contributed by atoms with van der Waals surface area (Å²) in [4.78, 5) is 20.5. The first-order chi connectivity index (χ1) is 11.6. The number of carbonyl (C=O) groups excluding carboxylic acids is 1. The van der Waals surface area contributed by atoms with Gasteiger partial charge in [0.25, 0.3) is 5.91 Å². The summed E-state index contributed by atoms with van der Waals surface area (Å²) in [6.45, 7) is 1.99. The van der Waals surface area contributed by atoms with Crippen LogP contribution in [0.5, 0.6) is 0 Å². The molecule has 1 aromatic heterocycles. The van der Waals surface area contributed by atoms with E-state index in [9.17, 15) is 4.79 Å². The van der Waals surface area contributed by atoms with Gasteiger partial charge in [0.05, 0.1) is 10.7 Å². The van der Waals surface area contributed by atoms with Crippen LogP contribution in [0.3, 0.4) is 0 Å². The molecule has 0 radical (unpaired) electrons. The van der Waals surface area contributed by atoms with E-state index in [4.69, 9.17) is 11.6 Å². The van der Waals surface area contributed by atoms with Crippen molar-refractivity contribution in [2.75, 3.05) is 10.6 Å². The lowest BCUT2D eigenvalue weighted by Gasteiger charge is -2.10. The van der Waals surface area contributed by atoms with Gasteiger partial charge in [0.1, 0.15) is 17.8 Å². The van der Waals surface area contributed by atoms with Crippen molar-refractivity contribution in [3.8, 4) is 0 Å². The van der Waals surface area contributed by atoms with Crippen molar-refractivity contribution >= 4 is 34.7 Å². The van der Waals surface area contributed by atoms with E-state index in [1.165, 1.54) is 6.33 Å². The molecule has 1 heterocycles. The molecule has 3 rings (SSSR count). The minimum absolute atomic E-state index is 0.251. The summed E-state index contributed by atoms with van der Waals surface area (Å²) in [7, 11) is 0. The molecule has 0 unspecified atom stereocenters. The largest absolute Gasteiger partial charge is 0.340 e. The van der Waals surface area contributed by atoms with Crippen LogP contribution in [0.1, 0.15) is 16.1 Å². The Balaban J connectivity index is 1.79. The molecule has 0 aliphatic carbocycles. The molecule has 0 atom stereocenters. The van der Waals surface area contributed by atoms with Crippen LogP contribution >= 0.6 is 11.6 Å². The third-order valence-electron chi connectivity index (χ3n) is 3.43. The number of benzene rings is 2. The van der Waals surface area contributed by atoms with Crippen molar-refractivity contribution in [2.24, 2.45) is 0 Å². The van der Waals surface area contributed by atoms with Gasteiger partial charge in [0.2, 0.25) is 0 Å². The van der Waals surface area contributed by atoms with Crippen LogP contribution in [0.2, 0.25) is 5.02 Å². The summed E-state index contributed by atoms with van der Waals surface area (Å²) in [5.74, 6) is 0.196. The molecule has 6 heteroatoms. The highest BCUT2D eigenvalue weighted by Crippen LogP contribution is 2.22. The average molecular weight is 339 g/mol. The molecule has 0 saturated carbocycles. The number of para-hydroxylation sites is 2. The van der Waals surface area contributed by atoms with Gasteiger partial charge >= 0.3 is 0 Å². The van der Waals surface area contributed by atoms with Gasteiger partial charge in [-0.1, -0.05) is 41.9 Å². The summed E-state index contributed by atoms with van der Waals surface area (Å²) in [6, 6.07) is 16.5. The Labute approximate surface area is 144 Å². The lowest BCUT2D eigenvalue weighted by molar-refractivity contribution is 0.102. The monoisotopic (exact) mass is 338 g/mol. The number of nitrogens with one attached hydrogen (secondary N) is 2. The van der Waals surface area contributed by atoms with Gasteiger partial charge in [0, 0.05) is 11.8 Å². The SMILES string of the molecule is Cc1ccccc1Nc1cc(C(=O)Nc2ccccc2Cl)ncn1. The zero-order valence-electron chi connectivity index (χ0n) is 13.0. The predicted molar refractivity (Wildman–Crippen MR) is 95.9 cm³/mol. The number of nitrogens with zero attached hydrogens (tertiary/aromatic N) is 2. The molecule has 0 bridgehead atoms. The van der Waals surface area contributed by atoms with Gasteiger partial charge in [-0.05, 0) is 30.7 Å². The lowest BCUT2D eigenvalue weighted by atomic mass is 10.2. The third-order valence-corrected chi connectivity index (χ3v) is 3.76. The topological polar surface area (TPSA) is 66.9 Å². The number of amides is 1. The molecule has 2 aromatic carbocycles. The van der Waals surface area contributed by atoms with Gasteiger partial charge in [-0.2, -0.15) is 0 Å². The number of aromatic nitrogens is 2. The maximum absolute atomic E-state index is 12.4. The molecule has 3 aromatic rings. The van der Waals surface area contributed by atoms with Crippen LogP contribution in [0.25, 0.3) is 0 Å². The lowest BCUT2D eigenvalue weighted by Crippen LogP contribution is -2.14. The fourth-order valence-corrected chi connectivity index (χ4v) is 2.33. The van der Waals surface area contributed by atoms with Crippen molar-refractivity contribution in [2.45, 2.75) is 6.92 Å². The van der Waals surface area contributed by atoms with Crippen LogP contribution < -0.4 is 10.6 Å². The molecule has 1 amide bonds. The molecule has 0 aliphatic heterocycles. The number of aryl methyl sites for hydroxylation is 1. The number of rotatable bonds is 4. The summed E-state index contributed by atoms with van der Waals surface area (Å²) in [5.41, 5.74) is 2.80. The number of halogens is 1. The Bertz CT molecular complexity index is 882. The van der Waals surface area contributed by atoms with Crippen molar-refractivity contribution < 1.29 is 4.79 Å². The maximum atomic E-state index is 12.4. The Morgan fingerprint density at radius 2 is 1.71 bits per heavy atom. The van der Waals surface area contributed by atoms with Gasteiger partial charge < -0.3 is 10.6 Å². The first-order valence-electron chi connectivity index (χ1n) is 7.34. The first kappa shape index (κ1) is 16.0. The molecule has 5 nitrogen and oxygen atoms in total. The highest BCUT2D eigenvalue weighted by atomic mass is 35.5. The van der Waals surface area contributed by atoms with Gasteiger partial charge in [-0.25, -0.2) is 9.97 Å². The van der Waals surface area contributed by atoms with E-state index in [-0.39, 0.29) is 11.6 Å². The molecule has 0 saturated heterocycles. The Morgan fingerprint density at radius 3 is 2.46 bits per heavy atom. The van der Waals surface area contributed by atoms with E-state index in [0.717, 1.165) is 11.3 Å². The second-order valence-corrected chi connectivity index (χ2v) is 5.57. The second kappa shape index (κ2) is 7.10. The Hall–Kier alpha value is -2.92. The molecular formula is C18H15ClN4O. The standard InChI is InChI=1S/C18H15ClN4O/c1-12-6-2-4-8-14(12)22-17-10-16(20-11-21-17)18(24)23-15-9-5-3-7-13(15)19/h2-11H,1H3,(H,23,24)(H,20,21,22). The normalized spacial score (nSPS) is 10.2. The molecule has 0 spiro atoms. The molecule has 24 heavy (non-hydrogen) atoms. The summed E-state index contributed by atoms with van der Waals surface area (Å²) < 4.78 is 0. The number of hydrogen-bond acceptors (Lipinski definition) is 4.